The van der Waals surface area contributed by atoms with E-state index in [-0.39, 0.29) is 21.8 Å². The maximum atomic E-state index is 12.9. The lowest BCUT2D eigenvalue weighted by atomic mass is 10.3. The number of urea groups is 1. The third-order valence-corrected chi connectivity index (χ3v) is 2.89. The van der Waals surface area contributed by atoms with Crippen molar-refractivity contribution in [1.82, 2.24) is 4.90 Å². The van der Waals surface area contributed by atoms with Crippen LogP contribution in [0.25, 0.3) is 0 Å². The van der Waals surface area contributed by atoms with Gasteiger partial charge in [-0.25, -0.2) is 9.18 Å². The number of hydrogen-bond acceptors (Lipinski definition) is 1. The number of nitrogens with one attached hydrogen (secondary N) is 1. The third kappa shape index (κ3) is 3.48. The number of rotatable bonds is 3. The van der Waals surface area contributed by atoms with Gasteiger partial charge >= 0.3 is 6.03 Å². The number of carbonyl (C=O) groups excluding carboxylic acids is 1. The standard InChI is InChI=1S/C11H13Cl2FN2O/c1-3-16(4-2)11(17)15-10-8(12)5-7(14)6-9(10)13/h5-6H,3-4H2,1-2H3,(H,15,17). The minimum Gasteiger partial charge on any atom is -0.325 e. The zero-order valence-corrected chi connectivity index (χ0v) is 11.1. The number of carbonyl (C=O) groups is 1. The summed E-state index contributed by atoms with van der Waals surface area (Å²) in [7, 11) is 0. The molecule has 1 aromatic rings. The third-order valence-electron chi connectivity index (χ3n) is 2.29. The number of amides is 2. The lowest BCUT2D eigenvalue weighted by Crippen LogP contribution is -2.34. The van der Waals surface area contributed by atoms with Crippen LogP contribution in [-0.2, 0) is 0 Å². The monoisotopic (exact) mass is 278 g/mol. The number of benzene rings is 1. The number of hydrogen-bond donors (Lipinski definition) is 1. The zero-order valence-electron chi connectivity index (χ0n) is 9.56. The van der Waals surface area contributed by atoms with E-state index in [1.807, 2.05) is 13.8 Å². The van der Waals surface area contributed by atoms with Gasteiger partial charge in [0.2, 0.25) is 0 Å². The molecule has 0 radical (unpaired) electrons. The number of halogens is 3. The van der Waals surface area contributed by atoms with Crippen LogP contribution in [-0.4, -0.2) is 24.0 Å². The second-order valence-corrected chi connectivity index (χ2v) is 4.16. The van der Waals surface area contributed by atoms with Crippen molar-refractivity contribution in [1.29, 1.82) is 0 Å². The van der Waals surface area contributed by atoms with Crippen molar-refractivity contribution in [2.75, 3.05) is 18.4 Å². The average Bonchev–Trinajstić information content (AvgIpc) is 2.25. The van der Waals surface area contributed by atoms with Crippen molar-refractivity contribution in [2.24, 2.45) is 0 Å². The number of anilines is 1. The SMILES string of the molecule is CCN(CC)C(=O)Nc1c(Cl)cc(F)cc1Cl. The molecule has 94 valence electrons. The Morgan fingerprint density at radius 3 is 2.18 bits per heavy atom. The summed E-state index contributed by atoms with van der Waals surface area (Å²) >= 11 is 11.6. The van der Waals surface area contributed by atoms with Gasteiger partial charge in [-0.2, -0.15) is 0 Å². The van der Waals surface area contributed by atoms with E-state index in [1.165, 1.54) is 0 Å². The molecule has 1 rings (SSSR count). The van der Waals surface area contributed by atoms with Crippen molar-refractivity contribution < 1.29 is 9.18 Å². The molecule has 0 aromatic heterocycles. The first kappa shape index (κ1) is 14.1. The van der Waals surface area contributed by atoms with E-state index in [0.717, 1.165) is 12.1 Å². The van der Waals surface area contributed by atoms with Crippen molar-refractivity contribution >= 4 is 34.9 Å². The molecule has 1 aromatic carbocycles. The van der Waals surface area contributed by atoms with Gasteiger partial charge in [0.15, 0.2) is 0 Å². The largest absolute Gasteiger partial charge is 0.325 e. The summed E-state index contributed by atoms with van der Waals surface area (Å²) in [4.78, 5) is 13.3. The predicted molar refractivity (Wildman–Crippen MR) is 68.4 cm³/mol. The molecule has 0 bridgehead atoms. The molecule has 0 saturated carbocycles. The highest BCUT2D eigenvalue weighted by Gasteiger charge is 2.14. The second-order valence-electron chi connectivity index (χ2n) is 3.35. The quantitative estimate of drug-likeness (QED) is 0.890. The zero-order chi connectivity index (χ0) is 13.0. The van der Waals surface area contributed by atoms with Gasteiger partial charge in [0.25, 0.3) is 0 Å². The van der Waals surface area contributed by atoms with E-state index >= 15 is 0 Å². The van der Waals surface area contributed by atoms with E-state index in [0.29, 0.717) is 13.1 Å². The molecule has 0 fully saturated rings. The summed E-state index contributed by atoms with van der Waals surface area (Å²) in [5.74, 6) is -0.541. The van der Waals surface area contributed by atoms with E-state index < -0.39 is 5.82 Å². The molecule has 0 atom stereocenters. The van der Waals surface area contributed by atoms with Crippen LogP contribution in [0.3, 0.4) is 0 Å². The van der Waals surface area contributed by atoms with Gasteiger partial charge in [0.05, 0.1) is 15.7 Å². The van der Waals surface area contributed by atoms with Crippen molar-refractivity contribution in [2.45, 2.75) is 13.8 Å². The molecule has 0 unspecified atom stereocenters. The Balaban J connectivity index is 2.92. The minimum atomic E-state index is -0.541. The molecule has 3 nitrogen and oxygen atoms in total. The van der Waals surface area contributed by atoms with Gasteiger partial charge < -0.3 is 10.2 Å². The summed E-state index contributed by atoms with van der Waals surface area (Å²) in [5.41, 5.74) is 0.228. The second kappa shape index (κ2) is 6.07. The molecular formula is C11H13Cl2FN2O. The van der Waals surface area contributed by atoms with E-state index in [1.54, 1.807) is 4.90 Å². The molecule has 0 aliphatic carbocycles. The maximum Gasteiger partial charge on any atom is 0.321 e. The van der Waals surface area contributed by atoms with Crippen LogP contribution < -0.4 is 5.32 Å². The van der Waals surface area contributed by atoms with Crippen molar-refractivity contribution in [3.05, 3.63) is 28.0 Å². The molecule has 17 heavy (non-hydrogen) atoms. The molecule has 0 aliphatic heterocycles. The summed E-state index contributed by atoms with van der Waals surface area (Å²) in [5, 5.41) is 2.72. The summed E-state index contributed by atoms with van der Waals surface area (Å²) in [6.45, 7) is 4.85. The van der Waals surface area contributed by atoms with Crippen LogP contribution in [0.1, 0.15) is 13.8 Å². The van der Waals surface area contributed by atoms with Gasteiger partial charge in [-0.3, -0.25) is 0 Å². The first-order valence-electron chi connectivity index (χ1n) is 5.20. The Bertz CT molecular complexity index is 399. The first-order chi connectivity index (χ1) is 7.99. The Morgan fingerprint density at radius 1 is 1.29 bits per heavy atom. The fraction of sp³-hybridized carbons (Fsp3) is 0.364. The van der Waals surface area contributed by atoms with Crippen molar-refractivity contribution in [3.8, 4) is 0 Å². The number of nitrogens with zero attached hydrogens (tertiary/aromatic N) is 1. The van der Waals surface area contributed by atoms with Gasteiger partial charge in [-0.15, -0.1) is 0 Å². The van der Waals surface area contributed by atoms with Crippen molar-refractivity contribution in [3.63, 3.8) is 0 Å². The fourth-order valence-electron chi connectivity index (χ4n) is 1.36. The molecule has 2 amide bonds. The smallest absolute Gasteiger partial charge is 0.321 e. The normalized spacial score (nSPS) is 10.2. The van der Waals surface area contributed by atoms with Gasteiger partial charge in [0, 0.05) is 13.1 Å². The van der Waals surface area contributed by atoms with E-state index in [4.69, 9.17) is 23.2 Å². The highest BCUT2D eigenvalue weighted by Crippen LogP contribution is 2.31. The van der Waals surface area contributed by atoms with Crippen LogP contribution in [0.4, 0.5) is 14.9 Å². The topological polar surface area (TPSA) is 32.3 Å². The van der Waals surface area contributed by atoms with Crippen LogP contribution >= 0.6 is 23.2 Å². The summed E-state index contributed by atoms with van der Waals surface area (Å²) in [6, 6.07) is 1.89. The predicted octanol–water partition coefficient (Wildman–Crippen LogP) is 4.01. The minimum absolute atomic E-state index is 0.0792. The molecule has 1 N–H and O–H groups in total. The molecule has 0 heterocycles. The van der Waals surface area contributed by atoms with Crippen LogP contribution in [0.15, 0.2) is 12.1 Å². The van der Waals surface area contributed by atoms with Gasteiger partial charge in [-0.1, -0.05) is 23.2 Å². The van der Waals surface area contributed by atoms with E-state index in [9.17, 15) is 9.18 Å². The van der Waals surface area contributed by atoms with Crippen LogP contribution in [0.2, 0.25) is 10.0 Å². The lowest BCUT2D eigenvalue weighted by molar-refractivity contribution is 0.217. The van der Waals surface area contributed by atoms with Gasteiger partial charge in [0.1, 0.15) is 5.82 Å². The first-order valence-corrected chi connectivity index (χ1v) is 5.95. The molecule has 0 saturated heterocycles. The Morgan fingerprint density at radius 2 is 1.76 bits per heavy atom. The highest BCUT2D eigenvalue weighted by atomic mass is 35.5. The van der Waals surface area contributed by atoms with Gasteiger partial charge in [-0.05, 0) is 26.0 Å². The summed E-state index contributed by atoms with van der Waals surface area (Å²) < 4.78 is 12.9. The summed E-state index contributed by atoms with van der Waals surface area (Å²) in [6.07, 6.45) is 0. The maximum absolute atomic E-state index is 12.9. The Hall–Kier alpha value is -1.00. The molecule has 6 heteroatoms. The molecular weight excluding hydrogens is 266 g/mol. The fourth-order valence-corrected chi connectivity index (χ4v) is 1.91. The Kier molecular flexibility index (Phi) is 5.02. The highest BCUT2D eigenvalue weighted by molar-refractivity contribution is 6.39. The van der Waals surface area contributed by atoms with Crippen LogP contribution in [0, 0.1) is 5.82 Å². The lowest BCUT2D eigenvalue weighted by Gasteiger charge is -2.20. The Labute approximate surface area is 109 Å². The molecule has 0 aliphatic rings. The average molecular weight is 279 g/mol. The van der Waals surface area contributed by atoms with Crippen LogP contribution in [0.5, 0.6) is 0 Å². The van der Waals surface area contributed by atoms with E-state index in [2.05, 4.69) is 5.32 Å². The molecule has 0 spiro atoms.